The molecular formula is C14H18N4O. The fourth-order valence-electron chi connectivity index (χ4n) is 1.96. The number of pyridine rings is 1. The van der Waals surface area contributed by atoms with Crippen molar-refractivity contribution < 1.29 is 4.74 Å². The van der Waals surface area contributed by atoms with Gasteiger partial charge in [-0.25, -0.2) is 9.67 Å². The second-order valence-corrected chi connectivity index (χ2v) is 5.01. The fraction of sp³-hybridized carbons (Fsp3) is 0.429. The highest BCUT2D eigenvalue weighted by atomic mass is 16.5. The van der Waals surface area contributed by atoms with Crippen molar-refractivity contribution in [2.75, 3.05) is 0 Å². The molecule has 2 aromatic heterocycles. The summed E-state index contributed by atoms with van der Waals surface area (Å²) in [5.74, 6) is 1.32. The van der Waals surface area contributed by atoms with E-state index in [1.165, 1.54) is 18.4 Å². The van der Waals surface area contributed by atoms with Crippen molar-refractivity contribution in [2.24, 2.45) is 7.05 Å². The van der Waals surface area contributed by atoms with Crippen molar-refractivity contribution in [1.29, 1.82) is 0 Å². The summed E-state index contributed by atoms with van der Waals surface area (Å²) in [4.78, 5) is 4.24. The second kappa shape index (κ2) is 5.01. The van der Waals surface area contributed by atoms with E-state index in [0.29, 0.717) is 17.8 Å². The predicted octanol–water partition coefficient (Wildman–Crippen LogP) is 2.17. The van der Waals surface area contributed by atoms with E-state index >= 15 is 0 Å². The summed E-state index contributed by atoms with van der Waals surface area (Å²) >= 11 is 0. The van der Waals surface area contributed by atoms with Crippen molar-refractivity contribution in [1.82, 2.24) is 20.1 Å². The average molecular weight is 258 g/mol. The van der Waals surface area contributed by atoms with Crippen LogP contribution in [0, 0.1) is 6.92 Å². The molecule has 19 heavy (non-hydrogen) atoms. The van der Waals surface area contributed by atoms with Gasteiger partial charge in [-0.15, -0.1) is 0 Å². The molecule has 1 aliphatic carbocycles. The molecule has 5 heteroatoms. The Morgan fingerprint density at radius 2 is 2.26 bits per heavy atom. The maximum Gasteiger partial charge on any atom is 0.221 e. The van der Waals surface area contributed by atoms with Gasteiger partial charge in [0.15, 0.2) is 0 Å². The monoisotopic (exact) mass is 258 g/mol. The van der Waals surface area contributed by atoms with Gasteiger partial charge < -0.3 is 10.1 Å². The van der Waals surface area contributed by atoms with E-state index in [4.69, 9.17) is 4.74 Å². The molecule has 1 N–H and O–H groups in total. The largest absolute Gasteiger partial charge is 0.421 e. The number of nitrogens with one attached hydrogen (secondary N) is 1. The van der Waals surface area contributed by atoms with E-state index in [-0.39, 0.29) is 0 Å². The van der Waals surface area contributed by atoms with Crippen molar-refractivity contribution in [3.63, 3.8) is 0 Å². The first-order valence-corrected chi connectivity index (χ1v) is 6.57. The molecule has 100 valence electrons. The second-order valence-electron chi connectivity index (χ2n) is 5.01. The third-order valence-corrected chi connectivity index (χ3v) is 3.14. The van der Waals surface area contributed by atoms with Crippen LogP contribution in [0.2, 0.25) is 0 Å². The lowest BCUT2D eigenvalue weighted by molar-refractivity contribution is 0.414. The van der Waals surface area contributed by atoms with Gasteiger partial charge in [-0.1, -0.05) is 0 Å². The summed E-state index contributed by atoms with van der Waals surface area (Å²) in [5, 5.41) is 7.73. The Morgan fingerprint density at radius 3 is 2.95 bits per heavy atom. The van der Waals surface area contributed by atoms with Crippen molar-refractivity contribution in [3.8, 4) is 11.8 Å². The van der Waals surface area contributed by atoms with Crippen LogP contribution in [0.4, 0.5) is 0 Å². The summed E-state index contributed by atoms with van der Waals surface area (Å²) < 4.78 is 7.47. The molecule has 1 saturated carbocycles. The SMILES string of the molecule is Cc1cc(Oc2cc(CNC3CC3)ccn2)n(C)n1. The highest BCUT2D eigenvalue weighted by molar-refractivity contribution is 5.25. The number of ether oxygens (including phenoxy) is 1. The normalized spacial score (nSPS) is 14.6. The van der Waals surface area contributed by atoms with E-state index in [1.807, 2.05) is 32.2 Å². The highest BCUT2D eigenvalue weighted by Gasteiger charge is 2.20. The van der Waals surface area contributed by atoms with Crippen LogP contribution in [-0.4, -0.2) is 20.8 Å². The minimum atomic E-state index is 0.609. The Hall–Kier alpha value is -1.88. The zero-order chi connectivity index (χ0) is 13.2. The van der Waals surface area contributed by atoms with Gasteiger partial charge in [-0.05, 0) is 31.4 Å². The lowest BCUT2D eigenvalue weighted by atomic mass is 10.2. The predicted molar refractivity (Wildman–Crippen MR) is 72.1 cm³/mol. The zero-order valence-electron chi connectivity index (χ0n) is 11.3. The summed E-state index contributed by atoms with van der Waals surface area (Å²) in [6.07, 6.45) is 4.37. The molecule has 0 aromatic carbocycles. The van der Waals surface area contributed by atoms with E-state index < -0.39 is 0 Å². The lowest BCUT2D eigenvalue weighted by Crippen LogP contribution is -2.15. The third-order valence-electron chi connectivity index (χ3n) is 3.14. The number of hydrogen-bond acceptors (Lipinski definition) is 4. The van der Waals surface area contributed by atoms with Gasteiger partial charge in [0.05, 0.1) is 5.69 Å². The maximum atomic E-state index is 5.75. The molecule has 1 aliphatic rings. The number of aromatic nitrogens is 3. The van der Waals surface area contributed by atoms with Crippen LogP contribution < -0.4 is 10.1 Å². The number of hydrogen-bond donors (Lipinski definition) is 1. The average Bonchev–Trinajstić information content (AvgIpc) is 3.15. The molecule has 0 amide bonds. The number of nitrogens with zero attached hydrogens (tertiary/aromatic N) is 3. The van der Waals surface area contributed by atoms with Crippen LogP contribution in [0.1, 0.15) is 24.1 Å². The van der Waals surface area contributed by atoms with Crippen LogP contribution in [0.3, 0.4) is 0 Å². The maximum absolute atomic E-state index is 5.75. The summed E-state index contributed by atoms with van der Waals surface area (Å²) in [7, 11) is 1.86. The quantitative estimate of drug-likeness (QED) is 0.893. The first-order chi connectivity index (χ1) is 9.20. The summed E-state index contributed by atoms with van der Waals surface area (Å²) in [6, 6.07) is 6.59. The Bertz CT molecular complexity index is 575. The Kier molecular flexibility index (Phi) is 3.21. The van der Waals surface area contributed by atoms with Crippen LogP contribution in [-0.2, 0) is 13.6 Å². The van der Waals surface area contributed by atoms with Crippen molar-refractivity contribution in [3.05, 3.63) is 35.7 Å². The molecular weight excluding hydrogens is 240 g/mol. The van der Waals surface area contributed by atoms with E-state index in [9.17, 15) is 0 Å². The molecule has 0 bridgehead atoms. The first-order valence-electron chi connectivity index (χ1n) is 6.57. The van der Waals surface area contributed by atoms with Crippen molar-refractivity contribution >= 4 is 0 Å². The van der Waals surface area contributed by atoms with Gasteiger partial charge in [0.25, 0.3) is 0 Å². The Balaban J connectivity index is 1.69. The zero-order valence-corrected chi connectivity index (χ0v) is 11.3. The van der Waals surface area contributed by atoms with Gasteiger partial charge in [0, 0.05) is 38.0 Å². The molecule has 0 spiro atoms. The van der Waals surface area contributed by atoms with Crippen molar-refractivity contribution in [2.45, 2.75) is 32.4 Å². The van der Waals surface area contributed by atoms with Crippen LogP contribution in [0.15, 0.2) is 24.4 Å². The first kappa shape index (κ1) is 12.2. The van der Waals surface area contributed by atoms with Gasteiger partial charge in [0.1, 0.15) is 0 Å². The minimum Gasteiger partial charge on any atom is -0.421 e. The van der Waals surface area contributed by atoms with E-state index in [0.717, 1.165) is 12.2 Å². The molecule has 3 rings (SSSR count). The smallest absolute Gasteiger partial charge is 0.221 e. The molecule has 5 nitrogen and oxygen atoms in total. The molecule has 0 atom stereocenters. The Morgan fingerprint density at radius 1 is 1.42 bits per heavy atom. The topological polar surface area (TPSA) is 52.0 Å². The Labute approximate surface area is 112 Å². The molecule has 2 heterocycles. The van der Waals surface area contributed by atoms with Gasteiger partial charge in [-0.2, -0.15) is 5.10 Å². The van der Waals surface area contributed by atoms with Gasteiger partial charge >= 0.3 is 0 Å². The van der Waals surface area contributed by atoms with Gasteiger partial charge in [0.2, 0.25) is 11.8 Å². The molecule has 0 radical (unpaired) electrons. The van der Waals surface area contributed by atoms with Crippen LogP contribution >= 0.6 is 0 Å². The third kappa shape index (κ3) is 3.12. The number of rotatable bonds is 5. The standard InChI is InChI=1S/C14H18N4O/c1-10-7-14(18(2)17-10)19-13-8-11(5-6-15-13)9-16-12-3-4-12/h5-8,12,16H,3-4,9H2,1-2H3. The van der Waals surface area contributed by atoms with Crippen LogP contribution in [0.25, 0.3) is 0 Å². The molecule has 0 aliphatic heterocycles. The van der Waals surface area contributed by atoms with Crippen LogP contribution in [0.5, 0.6) is 11.8 Å². The van der Waals surface area contributed by atoms with E-state index in [2.05, 4.69) is 15.4 Å². The molecule has 0 saturated heterocycles. The summed E-state index contributed by atoms with van der Waals surface area (Å²) in [5.41, 5.74) is 2.12. The minimum absolute atomic E-state index is 0.609. The molecule has 1 fully saturated rings. The van der Waals surface area contributed by atoms with Gasteiger partial charge in [-0.3, -0.25) is 0 Å². The molecule has 0 unspecified atom stereocenters. The fourth-order valence-corrected chi connectivity index (χ4v) is 1.96. The lowest BCUT2D eigenvalue weighted by Gasteiger charge is -2.07. The van der Waals surface area contributed by atoms with E-state index in [1.54, 1.807) is 10.9 Å². The number of aryl methyl sites for hydroxylation is 2. The molecule has 2 aromatic rings. The highest BCUT2D eigenvalue weighted by Crippen LogP contribution is 2.22. The summed E-state index contributed by atoms with van der Waals surface area (Å²) in [6.45, 7) is 2.81.